The maximum absolute atomic E-state index is 5.13. The summed E-state index contributed by atoms with van der Waals surface area (Å²) in [6, 6.07) is 0. The fourth-order valence-electron chi connectivity index (χ4n) is 0.387. The molecule has 0 aliphatic rings. The number of rotatable bonds is 4. The van der Waals surface area contributed by atoms with Crippen LogP contribution < -0.4 is 0 Å². The Morgan fingerprint density at radius 3 is 2.30 bits per heavy atom. The van der Waals surface area contributed by atoms with Crippen molar-refractivity contribution in [1.29, 1.82) is 0 Å². The smallest absolute Gasteiger partial charge is 0.0183 e. The first-order valence-electron chi connectivity index (χ1n) is 2.96. The van der Waals surface area contributed by atoms with Crippen LogP contribution in [0.3, 0.4) is 0 Å². The molecule has 0 aliphatic carbocycles. The molecule has 0 aromatic heterocycles. The molecular weight excluding hydrogens is 278 g/mol. The third-order valence-corrected chi connectivity index (χ3v) is 0.687. The van der Waals surface area contributed by atoms with Gasteiger partial charge in [-0.15, -0.1) is 5.92 Å². The fraction of sp³-hybridized carbons (Fsp3) is 0.714. The Bertz CT molecular complexity index is 48.9. The summed E-state index contributed by atoms with van der Waals surface area (Å²) in [5.74, 6) is 0.412. The predicted molar refractivity (Wildman–Crippen MR) is 35.3 cm³/mol. The molecule has 2 radical (unpaired) electrons. The molecule has 0 amide bonds. The van der Waals surface area contributed by atoms with Crippen molar-refractivity contribution in [3.63, 3.8) is 0 Å². The van der Waals surface area contributed by atoms with Gasteiger partial charge in [0.25, 0.3) is 0 Å². The minimum atomic E-state index is 0. The molecule has 0 aromatic carbocycles. The van der Waals surface area contributed by atoms with Crippen molar-refractivity contribution < 1.29 is 70.2 Å². The third-order valence-electron chi connectivity index (χ3n) is 0.687. The molecule has 0 rings (SSSR count). The molecule has 0 bridgehead atoms. The van der Waals surface area contributed by atoms with Crippen LogP contribution in [0.2, 0.25) is 0 Å². The average molecular weight is 292 g/mol. The molecule has 10 heavy (non-hydrogen) atoms. The van der Waals surface area contributed by atoms with E-state index in [0.29, 0.717) is 5.92 Å². The van der Waals surface area contributed by atoms with E-state index in [-0.39, 0.29) is 65.4 Å². The second kappa shape index (κ2) is 13.7. The van der Waals surface area contributed by atoms with Crippen LogP contribution in [0.25, 0.3) is 0 Å². The molecule has 0 unspecified atom stereocenters. The molecule has 1 atom stereocenters. The molecule has 0 fully saturated rings. The molecule has 0 heterocycles. The molecule has 0 aliphatic heterocycles. The van der Waals surface area contributed by atoms with Gasteiger partial charge in [-0.3, -0.25) is 0 Å². The first-order valence-corrected chi connectivity index (χ1v) is 2.96. The maximum atomic E-state index is 5.13. The predicted octanol–water partition coefficient (Wildman–Crippen LogP) is 1.69. The first-order chi connectivity index (χ1) is 3.77. The largest absolute Gasteiger partial charge is 0.416 e. The van der Waals surface area contributed by atoms with Gasteiger partial charge in [0.2, 0.25) is 0 Å². The van der Waals surface area contributed by atoms with Crippen LogP contribution in [-0.4, -0.2) is 13.2 Å². The summed E-state index contributed by atoms with van der Waals surface area (Å²) in [7, 11) is 0. The summed E-state index contributed by atoms with van der Waals surface area (Å²) in [4.78, 5) is 0. The van der Waals surface area contributed by atoms with Crippen LogP contribution in [0.15, 0.2) is 0 Å². The Hall–Kier alpha value is 2.17. The molecule has 0 spiro atoms. The van der Waals surface area contributed by atoms with E-state index in [1.54, 1.807) is 0 Å². The molecular formula is C7H14OY2-2. The quantitative estimate of drug-likeness (QED) is 0.566. The van der Waals surface area contributed by atoms with Crippen molar-refractivity contribution in [3.05, 3.63) is 13.3 Å². The molecule has 3 heteroatoms. The average Bonchev–Trinajstić information content (AvgIpc) is 1.66. The van der Waals surface area contributed by atoms with E-state index in [0.717, 1.165) is 13.2 Å². The zero-order valence-electron chi connectivity index (χ0n) is 6.84. The summed E-state index contributed by atoms with van der Waals surface area (Å²) < 4.78 is 5.13. The zero-order chi connectivity index (χ0) is 6.41. The Kier molecular flexibility index (Phi) is 24.8. The van der Waals surface area contributed by atoms with E-state index in [9.17, 15) is 0 Å². The number of hydrogen-bond acceptors (Lipinski definition) is 1. The molecule has 0 aromatic rings. The summed E-state index contributed by atoms with van der Waals surface area (Å²) in [5, 5.41) is 0. The summed E-state index contributed by atoms with van der Waals surface area (Å²) in [6.45, 7) is 9.31. The van der Waals surface area contributed by atoms with Crippen molar-refractivity contribution in [1.82, 2.24) is 0 Å². The van der Waals surface area contributed by atoms with Gasteiger partial charge in [-0.2, -0.15) is 6.92 Å². The standard InChI is InChI=1S/C7H14O.2Y/c1-4-5-8-6-7(2)3;;/h4,7H,2,5-6H2,1,3H3;;/q-2;;/t7-;;/m1../s1. The van der Waals surface area contributed by atoms with Crippen molar-refractivity contribution >= 4 is 0 Å². The Morgan fingerprint density at radius 2 is 2.00 bits per heavy atom. The normalized spacial score (nSPS) is 11.1. The number of ether oxygens (including phenoxy) is 1. The van der Waals surface area contributed by atoms with Crippen molar-refractivity contribution in [2.24, 2.45) is 5.92 Å². The van der Waals surface area contributed by atoms with Crippen molar-refractivity contribution in [2.75, 3.05) is 13.2 Å². The van der Waals surface area contributed by atoms with Gasteiger partial charge in [0.15, 0.2) is 0 Å². The van der Waals surface area contributed by atoms with Crippen LogP contribution in [0.1, 0.15) is 13.8 Å². The second-order valence-electron chi connectivity index (χ2n) is 2.05. The summed E-state index contributed by atoms with van der Waals surface area (Å²) >= 11 is 0. The van der Waals surface area contributed by atoms with Crippen molar-refractivity contribution in [3.8, 4) is 0 Å². The van der Waals surface area contributed by atoms with Crippen LogP contribution >= 0.6 is 0 Å². The molecule has 0 saturated carbocycles. The van der Waals surface area contributed by atoms with E-state index in [1.165, 1.54) is 0 Å². The molecule has 1 nitrogen and oxygen atoms in total. The first kappa shape index (κ1) is 18.1. The SMILES string of the molecule is [CH2-][C@H](C)COC[CH-]C.[Y].[Y]. The minimum Gasteiger partial charge on any atom is -0.416 e. The van der Waals surface area contributed by atoms with Gasteiger partial charge in [-0.25, -0.2) is 0 Å². The Morgan fingerprint density at radius 1 is 1.50 bits per heavy atom. The van der Waals surface area contributed by atoms with E-state index in [2.05, 4.69) is 6.92 Å². The zero-order valence-corrected chi connectivity index (χ0v) is 12.5. The van der Waals surface area contributed by atoms with Crippen LogP contribution in [-0.2, 0) is 70.2 Å². The van der Waals surface area contributed by atoms with Crippen LogP contribution in [0.5, 0.6) is 0 Å². The van der Waals surface area contributed by atoms with Gasteiger partial charge in [0.1, 0.15) is 0 Å². The van der Waals surface area contributed by atoms with Gasteiger partial charge in [0.05, 0.1) is 0 Å². The van der Waals surface area contributed by atoms with E-state index in [4.69, 9.17) is 4.74 Å². The second-order valence-corrected chi connectivity index (χ2v) is 2.05. The van der Waals surface area contributed by atoms with Gasteiger partial charge >= 0.3 is 0 Å². The van der Waals surface area contributed by atoms with Gasteiger partial charge in [0, 0.05) is 72.0 Å². The van der Waals surface area contributed by atoms with Crippen molar-refractivity contribution in [2.45, 2.75) is 13.8 Å². The van der Waals surface area contributed by atoms with Gasteiger partial charge in [-0.05, 0) is 0 Å². The van der Waals surface area contributed by atoms with Gasteiger partial charge < -0.3 is 18.1 Å². The monoisotopic (exact) mass is 292 g/mol. The Balaban J connectivity index is -0.000000245. The molecule has 0 N–H and O–H groups in total. The molecule has 56 valence electrons. The van der Waals surface area contributed by atoms with E-state index in [1.807, 2.05) is 20.3 Å². The van der Waals surface area contributed by atoms with E-state index < -0.39 is 0 Å². The minimum absolute atomic E-state index is 0. The molecule has 0 saturated heterocycles. The number of hydrogen-bond donors (Lipinski definition) is 0. The van der Waals surface area contributed by atoms with E-state index >= 15 is 0 Å². The third kappa shape index (κ3) is 16.6. The van der Waals surface area contributed by atoms with Crippen LogP contribution in [0, 0.1) is 19.3 Å². The summed E-state index contributed by atoms with van der Waals surface area (Å²) in [6.07, 6.45) is 1.99. The fourth-order valence-corrected chi connectivity index (χ4v) is 0.387. The van der Waals surface area contributed by atoms with Gasteiger partial charge in [-0.1, -0.05) is 13.5 Å². The topological polar surface area (TPSA) is 9.23 Å². The Labute approximate surface area is 115 Å². The van der Waals surface area contributed by atoms with Crippen LogP contribution in [0.4, 0.5) is 0 Å². The maximum Gasteiger partial charge on any atom is 0.0183 e. The summed E-state index contributed by atoms with van der Waals surface area (Å²) in [5.41, 5.74) is 0.